The molecule has 2 aromatic carbocycles. The van der Waals surface area contributed by atoms with Crippen LogP contribution in [0.3, 0.4) is 0 Å². The number of amides is 1. The van der Waals surface area contributed by atoms with Gasteiger partial charge in [0.05, 0.1) is 17.6 Å². The van der Waals surface area contributed by atoms with Gasteiger partial charge in [0.1, 0.15) is 5.82 Å². The van der Waals surface area contributed by atoms with Crippen LogP contribution in [0.1, 0.15) is 24.0 Å². The lowest BCUT2D eigenvalue weighted by molar-refractivity contribution is -0.136. The largest absolute Gasteiger partial charge is 0.353 e. The smallest absolute Gasteiger partial charge is 0.225 e. The van der Waals surface area contributed by atoms with E-state index in [0.717, 1.165) is 81.5 Å². The van der Waals surface area contributed by atoms with Gasteiger partial charge in [-0.05, 0) is 49.6 Å². The molecule has 0 N–H and O–H groups in total. The number of fused-ring (bicyclic) bond motifs is 1. The molecule has 0 spiro atoms. The van der Waals surface area contributed by atoms with E-state index in [4.69, 9.17) is 4.98 Å². The Balaban J connectivity index is 1.12. The summed E-state index contributed by atoms with van der Waals surface area (Å²) in [5.41, 5.74) is 4.71. The van der Waals surface area contributed by atoms with Crippen molar-refractivity contribution in [3.63, 3.8) is 0 Å². The molecule has 0 atom stereocenters. The Morgan fingerprint density at radius 3 is 2.30 bits per heavy atom. The molecule has 6 rings (SSSR count). The van der Waals surface area contributed by atoms with Crippen LogP contribution in [0.2, 0.25) is 0 Å². The number of piperidine rings is 1. The van der Waals surface area contributed by atoms with Gasteiger partial charge in [-0.15, -0.1) is 0 Å². The van der Waals surface area contributed by atoms with Crippen LogP contribution in [0.5, 0.6) is 0 Å². The van der Waals surface area contributed by atoms with Crippen LogP contribution >= 0.6 is 0 Å². The molecule has 2 aromatic heterocycles. The van der Waals surface area contributed by atoms with Crippen molar-refractivity contribution in [2.75, 3.05) is 49.1 Å². The Hall–Kier alpha value is -3.87. The average molecular weight is 495 g/mol. The van der Waals surface area contributed by atoms with Crippen molar-refractivity contribution in [1.82, 2.24) is 19.4 Å². The lowest BCUT2D eigenvalue weighted by Crippen LogP contribution is -2.52. The fourth-order valence-electron chi connectivity index (χ4n) is 5.62. The molecule has 0 saturated carbocycles. The van der Waals surface area contributed by atoms with E-state index in [1.54, 1.807) is 0 Å². The first-order valence-corrected chi connectivity index (χ1v) is 13.4. The predicted molar refractivity (Wildman–Crippen MR) is 148 cm³/mol. The first-order chi connectivity index (χ1) is 18.2. The van der Waals surface area contributed by atoms with Gasteiger partial charge in [0.2, 0.25) is 11.9 Å². The quantitative estimate of drug-likeness (QED) is 0.413. The summed E-state index contributed by atoms with van der Waals surface area (Å²) >= 11 is 0. The van der Waals surface area contributed by atoms with Crippen molar-refractivity contribution in [1.29, 1.82) is 0 Å². The number of aromatic nitrogens is 3. The summed E-state index contributed by atoms with van der Waals surface area (Å²) in [5.74, 6) is 2.41. The van der Waals surface area contributed by atoms with Crippen LogP contribution in [0.15, 0.2) is 72.9 Å². The fraction of sp³-hybridized carbons (Fsp3) is 0.367. The van der Waals surface area contributed by atoms with Gasteiger partial charge < -0.3 is 19.3 Å². The zero-order valence-electron chi connectivity index (χ0n) is 21.5. The summed E-state index contributed by atoms with van der Waals surface area (Å²) in [7, 11) is 0. The summed E-state index contributed by atoms with van der Waals surface area (Å²) < 4.78 is 2.33. The van der Waals surface area contributed by atoms with Gasteiger partial charge in [0.25, 0.3) is 0 Å². The van der Waals surface area contributed by atoms with E-state index >= 15 is 0 Å². The number of hydrogen-bond acceptors (Lipinski definition) is 5. The maximum atomic E-state index is 13.4. The summed E-state index contributed by atoms with van der Waals surface area (Å²) in [6.07, 6.45) is 3.57. The second-order valence-electron chi connectivity index (χ2n) is 10.2. The Kier molecular flexibility index (Phi) is 6.51. The van der Waals surface area contributed by atoms with Crippen LogP contribution < -0.4 is 9.80 Å². The van der Waals surface area contributed by atoms with E-state index < -0.39 is 0 Å². The fourth-order valence-corrected chi connectivity index (χ4v) is 5.62. The SMILES string of the molecule is Cc1ccc(Cn2c(N3CCC(C(=O)N4CCN(c5ccccn5)CC4)CC3)nc3ccccc32)cc1. The Labute approximate surface area is 218 Å². The van der Waals surface area contributed by atoms with Crippen molar-refractivity contribution in [3.05, 3.63) is 84.1 Å². The topological polar surface area (TPSA) is 57.5 Å². The van der Waals surface area contributed by atoms with Gasteiger partial charge >= 0.3 is 0 Å². The van der Waals surface area contributed by atoms with Crippen molar-refractivity contribution in [2.24, 2.45) is 5.92 Å². The number of anilines is 2. The molecule has 2 aliphatic rings. The minimum atomic E-state index is 0.0903. The molecule has 190 valence electrons. The first kappa shape index (κ1) is 23.5. The maximum Gasteiger partial charge on any atom is 0.225 e. The molecule has 0 aliphatic carbocycles. The van der Waals surface area contributed by atoms with E-state index in [1.165, 1.54) is 11.1 Å². The number of aryl methyl sites for hydroxylation is 1. The number of pyridine rings is 1. The lowest BCUT2D eigenvalue weighted by atomic mass is 9.95. The average Bonchev–Trinajstić information content (AvgIpc) is 3.33. The number of para-hydroxylation sites is 2. The highest BCUT2D eigenvalue weighted by molar-refractivity contribution is 5.80. The van der Waals surface area contributed by atoms with E-state index in [9.17, 15) is 4.79 Å². The van der Waals surface area contributed by atoms with Crippen LogP contribution in [0.4, 0.5) is 11.8 Å². The van der Waals surface area contributed by atoms with Gasteiger partial charge in [-0.25, -0.2) is 9.97 Å². The van der Waals surface area contributed by atoms with Crippen molar-refractivity contribution in [2.45, 2.75) is 26.3 Å². The van der Waals surface area contributed by atoms with Gasteiger partial charge in [-0.1, -0.05) is 48.0 Å². The standard InChI is InChI=1S/C30H34N6O/c1-23-9-11-24(12-10-23)22-36-27-7-3-2-6-26(27)32-30(36)35-16-13-25(14-17-35)29(37)34-20-18-33(19-21-34)28-8-4-5-15-31-28/h2-12,15,25H,13-14,16-22H2,1H3. The number of benzene rings is 2. The van der Waals surface area contributed by atoms with Crippen LogP contribution in [-0.2, 0) is 11.3 Å². The molecule has 0 unspecified atom stereocenters. The molecule has 0 bridgehead atoms. The number of imidazole rings is 1. The second-order valence-corrected chi connectivity index (χ2v) is 10.2. The van der Waals surface area contributed by atoms with E-state index in [-0.39, 0.29) is 5.92 Å². The Bertz CT molecular complexity index is 1350. The molecule has 37 heavy (non-hydrogen) atoms. The molecule has 1 amide bonds. The van der Waals surface area contributed by atoms with Crippen molar-refractivity contribution < 1.29 is 4.79 Å². The van der Waals surface area contributed by atoms with E-state index in [0.29, 0.717) is 5.91 Å². The summed E-state index contributed by atoms with van der Waals surface area (Å²) in [6, 6.07) is 23.1. The Morgan fingerprint density at radius 1 is 0.838 bits per heavy atom. The normalized spacial score (nSPS) is 16.9. The van der Waals surface area contributed by atoms with Crippen LogP contribution in [-0.4, -0.2) is 64.6 Å². The number of hydrogen-bond donors (Lipinski definition) is 0. The second kappa shape index (κ2) is 10.2. The summed E-state index contributed by atoms with van der Waals surface area (Å²) in [6.45, 7) is 7.81. The highest BCUT2D eigenvalue weighted by Crippen LogP contribution is 2.29. The van der Waals surface area contributed by atoms with Gasteiger partial charge in [0, 0.05) is 51.4 Å². The molecule has 4 aromatic rings. The zero-order chi connectivity index (χ0) is 25.2. The minimum Gasteiger partial charge on any atom is -0.353 e. The molecular formula is C30H34N6O. The molecule has 0 radical (unpaired) electrons. The molecule has 2 saturated heterocycles. The molecule has 2 fully saturated rings. The highest BCUT2D eigenvalue weighted by Gasteiger charge is 2.32. The third kappa shape index (κ3) is 4.90. The third-order valence-corrected chi connectivity index (χ3v) is 7.79. The van der Waals surface area contributed by atoms with Gasteiger partial charge in [0.15, 0.2) is 0 Å². The molecule has 7 nitrogen and oxygen atoms in total. The van der Waals surface area contributed by atoms with E-state index in [2.05, 4.69) is 73.6 Å². The molecule has 7 heteroatoms. The van der Waals surface area contributed by atoms with E-state index in [1.807, 2.05) is 30.5 Å². The predicted octanol–water partition coefficient (Wildman–Crippen LogP) is 4.35. The highest BCUT2D eigenvalue weighted by atomic mass is 16.2. The zero-order valence-corrected chi connectivity index (χ0v) is 21.5. The minimum absolute atomic E-state index is 0.0903. The van der Waals surface area contributed by atoms with Crippen molar-refractivity contribution >= 4 is 28.7 Å². The lowest BCUT2D eigenvalue weighted by Gasteiger charge is -2.39. The van der Waals surface area contributed by atoms with Gasteiger partial charge in [-0.2, -0.15) is 0 Å². The number of nitrogens with zero attached hydrogens (tertiary/aromatic N) is 6. The Morgan fingerprint density at radius 2 is 1.57 bits per heavy atom. The van der Waals surface area contributed by atoms with Crippen molar-refractivity contribution in [3.8, 4) is 0 Å². The molecular weight excluding hydrogens is 460 g/mol. The third-order valence-electron chi connectivity index (χ3n) is 7.79. The van der Waals surface area contributed by atoms with Crippen LogP contribution in [0.25, 0.3) is 11.0 Å². The first-order valence-electron chi connectivity index (χ1n) is 13.4. The number of rotatable bonds is 5. The van der Waals surface area contributed by atoms with Gasteiger partial charge in [-0.3, -0.25) is 4.79 Å². The number of carbonyl (C=O) groups is 1. The van der Waals surface area contributed by atoms with Crippen LogP contribution in [0, 0.1) is 12.8 Å². The molecule has 4 heterocycles. The molecule has 2 aliphatic heterocycles. The number of carbonyl (C=O) groups excluding carboxylic acids is 1. The maximum absolute atomic E-state index is 13.4. The number of piperazine rings is 1. The summed E-state index contributed by atoms with van der Waals surface area (Å²) in [5, 5.41) is 0. The summed E-state index contributed by atoms with van der Waals surface area (Å²) in [4.78, 5) is 29.6. The monoisotopic (exact) mass is 494 g/mol.